The molecule has 0 aromatic carbocycles. The van der Waals surface area contributed by atoms with Crippen molar-refractivity contribution >= 4 is 5.97 Å². The van der Waals surface area contributed by atoms with Gasteiger partial charge in [-0.15, -0.1) is 6.42 Å². The summed E-state index contributed by atoms with van der Waals surface area (Å²) in [5.41, 5.74) is -1.92. The molecule has 3 nitrogen and oxygen atoms in total. The van der Waals surface area contributed by atoms with Gasteiger partial charge in [-0.1, -0.05) is 19.8 Å². The second-order valence-electron chi connectivity index (χ2n) is 8.69. The van der Waals surface area contributed by atoms with Crippen LogP contribution in [0.1, 0.15) is 45.9 Å². The molecule has 1 aromatic rings. The van der Waals surface area contributed by atoms with E-state index in [1.54, 1.807) is 20.8 Å². The van der Waals surface area contributed by atoms with Gasteiger partial charge in [0.05, 0.1) is 6.54 Å². The third-order valence-corrected chi connectivity index (χ3v) is 5.08. The molecule has 1 aromatic heterocycles. The van der Waals surface area contributed by atoms with Crippen LogP contribution in [-0.4, -0.2) is 16.1 Å². The number of aromatic nitrogens is 1. The lowest BCUT2D eigenvalue weighted by Gasteiger charge is -2.18. The minimum absolute atomic E-state index is 0.113. The van der Waals surface area contributed by atoms with Crippen LogP contribution < -0.4 is 0 Å². The van der Waals surface area contributed by atoms with Crippen LogP contribution in [0.25, 0.3) is 0 Å². The van der Waals surface area contributed by atoms with E-state index in [9.17, 15) is 22.4 Å². The van der Waals surface area contributed by atoms with Crippen molar-refractivity contribution in [1.82, 2.24) is 4.57 Å². The van der Waals surface area contributed by atoms with Crippen molar-refractivity contribution in [3.8, 4) is 12.3 Å². The van der Waals surface area contributed by atoms with Crippen LogP contribution in [0.2, 0.25) is 0 Å². The lowest BCUT2D eigenvalue weighted by Crippen LogP contribution is -2.24. The van der Waals surface area contributed by atoms with E-state index in [4.69, 9.17) is 11.2 Å². The molecule has 0 aliphatic heterocycles. The highest BCUT2D eigenvalue weighted by atomic mass is 19.4. The lowest BCUT2D eigenvalue weighted by molar-refractivity contribution is -0.151. The number of hydrogen-bond acceptors (Lipinski definition) is 2. The Labute approximate surface area is 162 Å². The first-order valence-electron chi connectivity index (χ1n) is 8.98. The molecule has 1 aliphatic carbocycles. The van der Waals surface area contributed by atoms with Crippen LogP contribution in [0.4, 0.5) is 17.6 Å². The average Bonchev–Trinajstić information content (AvgIpc) is 2.85. The van der Waals surface area contributed by atoms with Crippen molar-refractivity contribution in [2.45, 2.75) is 59.4 Å². The van der Waals surface area contributed by atoms with Gasteiger partial charge in [0.1, 0.15) is 11.3 Å². The fourth-order valence-electron chi connectivity index (χ4n) is 3.55. The van der Waals surface area contributed by atoms with Crippen molar-refractivity contribution in [3.63, 3.8) is 0 Å². The van der Waals surface area contributed by atoms with Crippen molar-refractivity contribution < 1.29 is 27.1 Å². The molecule has 2 rings (SSSR count). The van der Waals surface area contributed by atoms with Gasteiger partial charge in [0.2, 0.25) is 5.83 Å². The fourth-order valence-corrected chi connectivity index (χ4v) is 3.55. The Morgan fingerprint density at radius 3 is 2.46 bits per heavy atom. The quantitative estimate of drug-likeness (QED) is 0.297. The summed E-state index contributed by atoms with van der Waals surface area (Å²) in [5.74, 6) is -0.465. The lowest BCUT2D eigenvalue weighted by atomic mass is 10.0. The SMILES string of the molecule is C#CCn1ccc(C[C@@H]2C(/C=C(\F)C(=O)OC(C)(C)C)C2(C)C)c1C(F)(F)F. The molecule has 1 heterocycles. The molecule has 7 heteroatoms. The summed E-state index contributed by atoms with van der Waals surface area (Å²) in [6.07, 6.45) is 3.22. The van der Waals surface area contributed by atoms with E-state index in [0.717, 1.165) is 4.57 Å². The number of rotatable bonds is 5. The molecule has 0 spiro atoms. The normalized spacial score (nSPS) is 21.9. The molecule has 154 valence electrons. The highest BCUT2D eigenvalue weighted by Gasteiger charge is 2.57. The van der Waals surface area contributed by atoms with E-state index in [1.165, 1.54) is 18.3 Å². The van der Waals surface area contributed by atoms with E-state index in [-0.39, 0.29) is 30.4 Å². The van der Waals surface area contributed by atoms with Gasteiger partial charge in [-0.25, -0.2) is 4.79 Å². The molecular weight excluding hydrogens is 374 g/mol. The van der Waals surface area contributed by atoms with E-state index < -0.39 is 34.7 Å². The number of hydrogen-bond donors (Lipinski definition) is 0. The number of alkyl halides is 3. The van der Waals surface area contributed by atoms with Crippen LogP contribution in [0.5, 0.6) is 0 Å². The van der Waals surface area contributed by atoms with Crippen LogP contribution in [0, 0.1) is 29.6 Å². The number of carbonyl (C=O) groups is 1. The average molecular weight is 399 g/mol. The first-order chi connectivity index (χ1) is 12.7. The zero-order valence-electron chi connectivity index (χ0n) is 16.7. The third kappa shape index (κ3) is 4.78. The Kier molecular flexibility index (Phi) is 5.76. The number of nitrogens with zero attached hydrogens (tertiary/aromatic N) is 1. The van der Waals surface area contributed by atoms with Gasteiger partial charge in [0.15, 0.2) is 0 Å². The first kappa shape index (κ1) is 22.1. The topological polar surface area (TPSA) is 31.2 Å². The van der Waals surface area contributed by atoms with Gasteiger partial charge in [-0.3, -0.25) is 0 Å². The summed E-state index contributed by atoms with van der Waals surface area (Å²) in [6, 6.07) is 1.40. The number of carbonyl (C=O) groups excluding carboxylic acids is 1. The maximum absolute atomic E-state index is 14.2. The molecule has 1 unspecified atom stereocenters. The van der Waals surface area contributed by atoms with E-state index in [2.05, 4.69) is 5.92 Å². The number of ether oxygens (including phenoxy) is 1. The maximum atomic E-state index is 14.2. The number of allylic oxidation sites excluding steroid dienone is 1. The molecular formula is C21H25F4NO2. The van der Waals surface area contributed by atoms with Gasteiger partial charge in [0.25, 0.3) is 0 Å². The predicted octanol–water partition coefficient (Wildman–Crippen LogP) is 5.15. The van der Waals surface area contributed by atoms with Crippen LogP contribution in [0.3, 0.4) is 0 Å². The molecule has 1 saturated carbocycles. The number of esters is 1. The predicted molar refractivity (Wildman–Crippen MR) is 97.8 cm³/mol. The largest absolute Gasteiger partial charge is 0.455 e. The van der Waals surface area contributed by atoms with Gasteiger partial charge in [0, 0.05) is 6.20 Å². The van der Waals surface area contributed by atoms with E-state index >= 15 is 0 Å². The molecule has 28 heavy (non-hydrogen) atoms. The fraction of sp³-hybridized carbons (Fsp3) is 0.571. The number of terminal acetylenes is 1. The second kappa shape index (κ2) is 7.31. The summed E-state index contributed by atoms with van der Waals surface area (Å²) in [4.78, 5) is 11.8. The molecule has 0 saturated heterocycles. The van der Waals surface area contributed by atoms with Gasteiger partial charge >= 0.3 is 12.1 Å². The summed E-state index contributed by atoms with van der Waals surface area (Å²) in [7, 11) is 0. The van der Waals surface area contributed by atoms with Gasteiger partial charge < -0.3 is 9.30 Å². The smallest absolute Gasteiger partial charge is 0.431 e. The van der Waals surface area contributed by atoms with E-state index in [0.29, 0.717) is 0 Å². The highest BCUT2D eigenvalue weighted by Crippen LogP contribution is 2.61. The Hall–Kier alpha value is -2.23. The summed E-state index contributed by atoms with van der Waals surface area (Å²) in [5, 5.41) is 0. The Morgan fingerprint density at radius 1 is 1.36 bits per heavy atom. The Bertz CT molecular complexity index is 819. The summed E-state index contributed by atoms with van der Waals surface area (Å²) in [6.45, 7) is 8.38. The first-order valence-corrected chi connectivity index (χ1v) is 8.98. The highest BCUT2D eigenvalue weighted by molar-refractivity contribution is 5.86. The van der Waals surface area contributed by atoms with Gasteiger partial charge in [-0.05, 0) is 62.1 Å². The summed E-state index contributed by atoms with van der Waals surface area (Å²) >= 11 is 0. The van der Waals surface area contributed by atoms with Crippen LogP contribution >= 0.6 is 0 Å². The number of halogens is 4. The van der Waals surface area contributed by atoms with Crippen molar-refractivity contribution in [2.75, 3.05) is 0 Å². The van der Waals surface area contributed by atoms with Crippen molar-refractivity contribution in [3.05, 3.63) is 35.4 Å². The van der Waals surface area contributed by atoms with Crippen molar-refractivity contribution in [2.24, 2.45) is 17.3 Å². The molecule has 2 atom stereocenters. The standard InChI is InChI=1S/C21H25F4NO2/c1-7-9-26-10-8-13(17(26)21(23,24)25)11-14-15(20(14,5)6)12-16(22)18(27)28-19(2,3)4/h1,8,10,12,14-15H,9,11H2,2-6H3/b16-12-/t14-,15?/m1/s1. The monoisotopic (exact) mass is 399 g/mol. The molecule has 0 bridgehead atoms. The zero-order valence-corrected chi connectivity index (χ0v) is 16.7. The summed E-state index contributed by atoms with van der Waals surface area (Å²) < 4.78 is 60.6. The minimum Gasteiger partial charge on any atom is -0.455 e. The minimum atomic E-state index is -4.54. The van der Waals surface area contributed by atoms with E-state index in [1.807, 2.05) is 13.8 Å². The molecule has 0 N–H and O–H groups in total. The zero-order chi connectivity index (χ0) is 21.5. The third-order valence-electron chi connectivity index (χ3n) is 5.08. The van der Waals surface area contributed by atoms with Gasteiger partial charge in [-0.2, -0.15) is 17.6 Å². The van der Waals surface area contributed by atoms with Crippen LogP contribution in [0.15, 0.2) is 24.2 Å². The molecule has 1 fully saturated rings. The van der Waals surface area contributed by atoms with Crippen LogP contribution in [-0.2, 0) is 28.7 Å². The molecule has 0 radical (unpaired) electrons. The van der Waals surface area contributed by atoms with Crippen molar-refractivity contribution in [1.29, 1.82) is 0 Å². The molecule has 1 aliphatic rings. The molecule has 0 amide bonds. The maximum Gasteiger partial charge on any atom is 0.431 e. The Morgan fingerprint density at radius 2 is 1.96 bits per heavy atom. The second-order valence-corrected chi connectivity index (χ2v) is 8.69. The Balaban J connectivity index is 2.21.